The van der Waals surface area contributed by atoms with Crippen molar-refractivity contribution in [3.63, 3.8) is 0 Å². The second-order valence-corrected chi connectivity index (χ2v) is 8.68. The molecule has 3 rings (SSSR count). The zero-order valence-electron chi connectivity index (χ0n) is 19.0. The zero-order valence-corrected chi connectivity index (χ0v) is 19.7. The highest BCUT2D eigenvalue weighted by Gasteiger charge is 2.38. The molecular weight excluding hydrogens is 453 g/mol. The molecular formula is C22H27ClFN5O4. The topological polar surface area (TPSA) is 135 Å². The van der Waals surface area contributed by atoms with Gasteiger partial charge in [-0.1, -0.05) is 11.6 Å². The van der Waals surface area contributed by atoms with Crippen LogP contribution in [0.2, 0.25) is 5.02 Å². The second kappa shape index (κ2) is 9.12. The molecule has 5 N–H and O–H groups in total. The summed E-state index contributed by atoms with van der Waals surface area (Å²) < 4.78 is 22.5. The van der Waals surface area contributed by atoms with Crippen molar-refractivity contribution in [1.29, 1.82) is 0 Å². The number of aromatic nitrogens is 3. The number of nitrogens with two attached hydrogens (primary N) is 1. The van der Waals surface area contributed by atoms with E-state index in [1.807, 2.05) is 0 Å². The number of nitrogens with zero attached hydrogens (tertiary/aromatic N) is 3. The number of imidazole rings is 1. The lowest BCUT2D eigenvalue weighted by Gasteiger charge is -2.28. The Hall–Kier alpha value is -2.95. The first-order chi connectivity index (χ1) is 15.4. The van der Waals surface area contributed by atoms with E-state index in [0.29, 0.717) is 11.2 Å². The van der Waals surface area contributed by atoms with E-state index in [4.69, 9.17) is 22.1 Å². The number of aryl methyl sites for hydroxylation is 1. The number of halogens is 2. The quantitative estimate of drug-likeness (QED) is 0.409. The third-order valence-corrected chi connectivity index (χ3v) is 5.30. The summed E-state index contributed by atoms with van der Waals surface area (Å²) >= 11 is 6.15. The Bertz CT molecular complexity index is 1210. The van der Waals surface area contributed by atoms with Gasteiger partial charge in [0.25, 0.3) is 5.91 Å². The molecule has 0 unspecified atom stereocenters. The van der Waals surface area contributed by atoms with Gasteiger partial charge in [-0.05, 0) is 40.7 Å². The molecule has 3 aromatic rings. The van der Waals surface area contributed by atoms with E-state index in [1.54, 1.807) is 31.4 Å². The van der Waals surface area contributed by atoms with Crippen molar-refractivity contribution in [3.05, 3.63) is 51.9 Å². The van der Waals surface area contributed by atoms with Gasteiger partial charge in [-0.3, -0.25) is 9.20 Å². The highest BCUT2D eigenvalue weighted by molar-refractivity contribution is 6.31. The van der Waals surface area contributed by atoms with Crippen molar-refractivity contribution in [2.45, 2.75) is 52.4 Å². The van der Waals surface area contributed by atoms with E-state index < -0.39 is 35.1 Å². The van der Waals surface area contributed by atoms with Gasteiger partial charge in [0.1, 0.15) is 34.1 Å². The molecule has 0 aliphatic carbocycles. The summed E-state index contributed by atoms with van der Waals surface area (Å²) in [6.07, 6.45) is 1.72. The van der Waals surface area contributed by atoms with Crippen LogP contribution in [0.15, 0.2) is 18.5 Å². The normalized spacial score (nSPS) is 14.4. The first-order valence-electron chi connectivity index (χ1n) is 10.3. The number of amides is 1. The van der Waals surface area contributed by atoms with Crippen LogP contribution < -0.4 is 15.8 Å². The van der Waals surface area contributed by atoms with Crippen molar-refractivity contribution in [2.24, 2.45) is 0 Å². The lowest BCUT2D eigenvalue weighted by atomic mass is 9.91. The van der Waals surface area contributed by atoms with Gasteiger partial charge in [0.05, 0.1) is 22.9 Å². The van der Waals surface area contributed by atoms with E-state index >= 15 is 4.39 Å². The third kappa shape index (κ3) is 4.59. The monoisotopic (exact) mass is 479 g/mol. The number of benzene rings is 1. The summed E-state index contributed by atoms with van der Waals surface area (Å²) in [6.45, 7) is 7.90. The van der Waals surface area contributed by atoms with Crippen molar-refractivity contribution >= 4 is 28.8 Å². The van der Waals surface area contributed by atoms with Crippen LogP contribution >= 0.6 is 11.6 Å². The molecule has 9 nitrogen and oxygen atoms in total. The van der Waals surface area contributed by atoms with Crippen molar-refractivity contribution in [1.82, 2.24) is 19.7 Å². The van der Waals surface area contributed by atoms with Crippen LogP contribution in [0, 0.1) is 12.7 Å². The Morgan fingerprint density at radius 2 is 2.09 bits per heavy atom. The molecule has 2 atom stereocenters. The van der Waals surface area contributed by atoms with Crippen LogP contribution in [0.1, 0.15) is 55.1 Å². The molecule has 0 aliphatic rings. The van der Waals surface area contributed by atoms with Crippen molar-refractivity contribution < 1.29 is 24.1 Å². The molecule has 0 saturated heterocycles. The standard InChI is InChI=1S/C22H27ClFN5O4/c1-10(2)33-18-13(8-14(23)16(24)15(18)20(31)27-9-11(3)30)22(5,32)21-28-12(4)17-19(25)26-6-7-29(17)21/h6-8,10-11,30,32H,9H2,1-5H3,(H2,25,26)(H,27,31)/t11-,22-/m0/s1. The Morgan fingerprint density at radius 3 is 2.70 bits per heavy atom. The lowest BCUT2D eigenvalue weighted by Crippen LogP contribution is -2.33. The fourth-order valence-corrected chi connectivity index (χ4v) is 3.77. The summed E-state index contributed by atoms with van der Waals surface area (Å²) in [4.78, 5) is 21.4. The number of nitrogen functional groups attached to an aromatic ring is 1. The molecule has 178 valence electrons. The molecule has 0 saturated carbocycles. The van der Waals surface area contributed by atoms with Gasteiger partial charge >= 0.3 is 0 Å². The fourth-order valence-electron chi connectivity index (χ4n) is 3.57. The Labute approximate surface area is 195 Å². The number of carbonyl (C=O) groups excluding carboxylic acids is 1. The van der Waals surface area contributed by atoms with E-state index in [2.05, 4.69) is 15.3 Å². The van der Waals surface area contributed by atoms with Gasteiger partial charge in [-0.2, -0.15) is 0 Å². The Balaban J connectivity index is 2.30. The molecule has 0 bridgehead atoms. The largest absolute Gasteiger partial charge is 0.490 e. The maximum absolute atomic E-state index is 15.1. The van der Waals surface area contributed by atoms with E-state index in [1.165, 1.54) is 26.1 Å². The first-order valence-corrected chi connectivity index (χ1v) is 10.7. The highest BCUT2D eigenvalue weighted by atomic mass is 35.5. The summed E-state index contributed by atoms with van der Waals surface area (Å²) in [5.74, 6) is -1.67. The average Bonchev–Trinajstić information content (AvgIpc) is 3.07. The molecule has 0 fully saturated rings. The molecule has 33 heavy (non-hydrogen) atoms. The molecule has 1 amide bonds. The van der Waals surface area contributed by atoms with Crippen LogP contribution in [0.4, 0.5) is 10.2 Å². The molecule has 2 heterocycles. The predicted octanol–water partition coefficient (Wildman–Crippen LogP) is 2.57. The number of fused-ring (bicyclic) bond motifs is 1. The molecule has 2 aromatic heterocycles. The lowest BCUT2D eigenvalue weighted by molar-refractivity contribution is 0.0836. The second-order valence-electron chi connectivity index (χ2n) is 8.27. The maximum Gasteiger partial charge on any atom is 0.258 e. The molecule has 1 aromatic carbocycles. The number of anilines is 1. The minimum atomic E-state index is -1.88. The number of hydrogen-bond acceptors (Lipinski definition) is 7. The zero-order chi connectivity index (χ0) is 24.7. The summed E-state index contributed by atoms with van der Waals surface area (Å²) in [6, 6.07) is 1.21. The van der Waals surface area contributed by atoms with Crippen LogP contribution in [0.5, 0.6) is 5.75 Å². The van der Waals surface area contributed by atoms with Crippen LogP contribution in [0.25, 0.3) is 5.52 Å². The number of rotatable bonds is 7. The Morgan fingerprint density at radius 1 is 1.42 bits per heavy atom. The van der Waals surface area contributed by atoms with Crippen LogP contribution in [0.3, 0.4) is 0 Å². The minimum Gasteiger partial charge on any atom is -0.490 e. The average molecular weight is 480 g/mol. The van der Waals surface area contributed by atoms with Gasteiger partial charge in [-0.25, -0.2) is 14.4 Å². The smallest absolute Gasteiger partial charge is 0.258 e. The number of ether oxygens (including phenoxy) is 1. The van der Waals surface area contributed by atoms with E-state index in [0.717, 1.165) is 0 Å². The number of aliphatic hydroxyl groups is 2. The first kappa shape index (κ1) is 24.7. The minimum absolute atomic E-state index is 0.0343. The summed E-state index contributed by atoms with van der Waals surface area (Å²) in [7, 11) is 0. The van der Waals surface area contributed by atoms with Gasteiger partial charge < -0.3 is 26.0 Å². The van der Waals surface area contributed by atoms with Gasteiger partial charge in [0, 0.05) is 24.5 Å². The number of carbonyl (C=O) groups is 1. The molecule has 0 aliphatic heterocycles. The third-order valence-electron chi connectivity index (χ3n) is 5.03. The Kier molecular flexibility index (Phi) is 6.83. The maximum atomic E-state index is 15.1. The van der Waals surface area contributed by atoms with Gasteiger partial charge in [-0.15, -0.1) is 0 Å². The fraction of sp³-hybridized carbons (Fsp3) is 0.409. The number of aliphatic hydroxyl groups excluding tert-OH is 1. The molecule has 0 spiro atoms. The van der Waals surface area contributed by atoms with Gasteiger partial charge in [0.2, 0.25) is 0 Å². The van der Waals surface area contributed by atoms with Gasteiger partial charge in [0.15, 0.2) is 5.82 Å². The SMILES string of the molecule is Cc1nc([C@@](C)(O)c2cc(Cl)c(F)c(C(=O)NC[C@H](C)O)c2OC(C)C)n2ccnc(N)c12. The summed E-state index contributed by atoms with van der Waals surface area (Å²) in [5, 5.41) is 23.3. The van der Waals surface area contributed by atoms with Crippen molar-refractivity contribution in [3.8, 4) is 5.75 Å². The van der Waals surface area contributed by atoms with Crippen LogP contribution in [-0.4, -0.2) is 49.2 Å². The molecule has 0 radical (unpaired) electrons. The van der Waals surface area contributed by atoms with Crippen molar-refractivity contribution in [2.75, 3.05) is 12.3 Å². The number of nitrogens with one attached hydrogen (secondary N) is 1. The van der Waals surface area contributed by atoms with E-state index in [9.17, 15) is 15.0 Å². The highest BCUT2D eigenvalue weighted by Crippen LogP contribution is 2.42. The van der Waals surface area contributed by atoms with Crippen LogP contribution in [-0.2, 0) is 5.60 Å². The van der Waals surface area contributed by atoms with E-state index in [-0.39, 0.29) is 34.5 Å². The molecule has 11 heteroatoms. The summed E-state index contributed by atoms with van der Waals surface area (Å²) in [5.41, 5.74) is 4.68. The predicted molar refractivity (Wildman–Crippen MR) is 122 cm³/mol. The number of hydrogen-bond donors (Lipinski definition) is 4.